The van der Waals surface area contributed by atoms with Crippen molar-refractivity contribution >= 4 is 34.9 Å². The van der Waals surface area contributed by atoms with E-state index in [1.54, 1.807) is 12.1 Å². The van der Waals surface area contributed by atoms with Gasteiger partial charge in [0.2, 0.25) is 5.91 Å². The number of nitrogens with zero attached hydrogens (tertiary/aromatic N) is 1. The Balaban J connectivity index is 2.02. The number of guanidine groups is 1. The van der Waals surface area contributed by atoms with Crippen LogP contribution in [0, 0.1) is 5.92 Å². The molecule has 0 saturated carbocycles. The van der Waals surface area contributed by atoms with E-state index < -0.39 is 17.7 Å². The number of aliphatic imine (C=N–C) groups is 1. The number of ketones is 3. The first-order valence-electron chi connectivity index (χ1n) is 8.22. The highest BCUT2D eigenvalue weighted by Gasteiger charge is 2.38. The largest absolute Gasteiger partial charge is 0.370 e. The minimum Gasteiger partial charge on any atom is -0.370 e. The first-order valence-corrected chi connectivity index (χ1v) is 8.22. The average molecular weight is 357 g/mol. The highest BCUT2D eigenvalue weighted by atomic mass is 16.2. The summed E-state index contributed by atoms with van der Waals surface area (Å²) in [5.41, 5.74) is 11.7. The van der Waals surface area contributed by atoms with Crippen LogP contribution in [0.1, 0.15) is 33.6 Å². The van der Waals surface area contributed by atoms with Crippen molar-refractivity contribution in [2.24, 2.45) is 22.4 Å². The third-order valence-corrected chi connectivity index (χ3v) is 4.52. The SMILES string of the molecule is NCC(=O)C1NC(N)=NCC1C(=O)c1cccc2c1NC(=O)CCC2=O. The summed E-state index contributed by atoms with van der Waals surface area (Å²) in [6.07, 6.45) is 0.137. The number of nitrogens with two attached hydrogens (primary N) is 2. The fourth-order valence-electron chi connectivity index (χ4n) is 3.16. The summed E-state index contributed by atoms with van der Waals surface area (Å²) >= 11 is 0. The Morgan fingerprint density at radius 3 is 2.73 bits per heavy atom. The fourth-order valence-corrected chi connectivity index (χ4v) is 3.16. The summed E-state index contributed by atoms with van der Waals surface area (Å²) in [6, 6.07) is 3.76. The van der Waals surface area contributed by atoms with Gasteiger partial charge in [-0.15, -0.1) is 0 Å². The van der Waals surface area contributed by atoms with Gasteiger partial charge in [-0.2, -0.15) is 0 Å². The minimum atomic E-state index is -0.905. The Morgan fingerprint density at radius 1 is 1.23 bits per heavy atom. The number of Topliss-reactive ketones (excluding diaryl/α,β-unsaturated/α-hetero) is 3. The van der Waals surface area contributed by atoms with Crippen molar-refractivity contribution < 1.29 is 19.2 Å². The molecule has 9 nitrogen and oxygen atoms in total. The fraction of sp³-hybridized carbons (Fsp3) is 0.353. The van der Waals surface area contributed by atoms with Crippen molar-refractivity contribution in [1.29, 1.82) is 0 Å². The summed E-state index contributed by atoms with van der Waals surface area (Å²) in [5.74, 6) is -2.10. The van der Waals surface area contributed by atoms with Gasteiger partial charge in [0.05, 0.1) is 24.7 Å². The van der Waals surface area contributed by atoms with E-state index in [1.807, 2.05) is 0 Å². The molecule has 3 rings (SSSR count). The molecule has 2 unspecified atom stereocenters. The normalized spacial score (nSPS) is 22.4. The van der Waals surface area contributed by atoms with Crippen LogP contribution in [0.4, 0.5) is 5.69 Å². The second kappa shape index (κ2) is 7.04. The van der Waals surface area contributed by atoms with Gasteiger partial charge in [0.15, 0.2) is 23.3 Å². The van der Waals surface area contributed by atoms with E-state index in [2.05, 4.69) is 15.6 Å². The summed E-state index contributed by atoms with van der Waals surface area (Å²) in [7, 11) is 0. The Morgan fingerprint density at radius 2 is 2.00 bits per heavy atom. The molecule has 2 atom stereocenters. The molecule has 136 valence electrons. The zero-order valence-electron chi connectivity index (χ0n) is 14.0. The smallest absolute Gasteiger partial charge is 0.224 e. The van der Waals surface area contributed by atoms with Crippen molar-refractivity contribution in [2.75, 3.05) is 18.4 Å². The minimum absolute atomic E-state index is 0.0135. The lowest BCUT2D eigenvalue weighted by Gasteiger charge is -2.29. The number of amides is 1. The molecule has 2 aliphatic rings. The predicted octanol–water partition coefficient (Wildman–Crippen LogP) is -0.785. The Kier molecular flexibility index (Phi) is 4.81. The first kappa shape index (κ1) is 17.7. The van der Waals surface area contributed by atoms with E-state index in [0.29, 0.717) is 0 Å². The van der Waals surface area contributed by atoms with Gasteiger partial charge in [-0.05, 0) is 12.1 Å². The molecule has 0 radical (unpaired) electrons. The van der Waals surface area contributed by atoms with Crippen molar-refractivity contribution in [1.82, 2.24) is 5.32 Å². The number of carbonyl (C=O) groups is 4. The third kappa shape index (κ3) is 3.21. The molecule has 1 amide bonds. The van der Waals surface area contributed by atoms with Gasteiger partial charge < -0.3 is 22.1 Å². The number of hydrogen-bond donors (Lipinski definition) is 4. The van der Waals surface area contributed by atoms with Crippen molar-refractivity contribution in [3.63, 3.8) is 0 Å². The number of para-hydroxylation sites is 1. The molecule has 0 aliphatic carbocycles. The zero-order valence-corrected chi connectivity index (χ0v) is 14.0. The molecule has 1 aromatic carbocycles. The molecule has 0 bridgehead atoms. The van der Waals surface area contributed by atoms with E-state index in [9.17, 15) is 19.2 Å². The van der Waals surface area contributed by atoms with Crippen LogP contribution in [0.5, 0.6) is 0 Å². The first-order chi connectivity index (χ1) is 12.4. The molecule has 2 aliphatic heterocycles. The second-order valence-corrected chi connectivity index (χ2v) is 6.19. The van der Waals surface area contributed by atoms with Gasteiger partial charge in [0, 0.05) is 24.0 Å². The number of nitrogens with one attached hydrogen (secondary N) is 2. The van der Waals surface area contributed by atoms with E-state index >= 15 is 0 Å². The number of hydrogen-bond acceptors (Lipinski definition) is 8. The lowest BCUT2D eigenvalue weighted by atomic mass is 9.86. The van der Waals surface area contributed by atoms with Crippen LogP contribution in [-0.4, -0.2) is 48.3 Å². The highest BCUT2D eigenvalue weighted by molar-refractivity contribution is 6.16. The maximum Gasteiger partial charge on any atom is 0.224 e. The number of rotatable bonds is 4. The maximum atomic E-state index is 13.1. The average Bonchev–Trinajstić information content (AvgIpc) is 2.79. The van der Waals surface area contributed by atoms with Crippen molar-refractivity contribution in [3.8, 4) is 0 Å². The molecular weight excluding hydrogens is 338 g/mol. The molecule has 9 heteroatoms. The Hall–Kier alpha value is -3.07. The number of fused-ring (bicyclic) bond motifs is 1. The van der Waals surface area contributed by atoms with Gasteiger partial charge in [0.1, 0.15) is 6.04 Å². The maximum absolute atomic E-state index is 13.1. The van der Waals surface area contributed by atoms with Gasteiger partial charge >= 0.3 is 0 Å². The van der Waals surface area contributed by atoms with E-state index in [4.69, 9.17) is 11.5 Å². The van der Waals surface area contributed by atoms with Crippen LogP contribution in [-0.2, 0) is 9.59 Å². The van der Waals surface area contributed by atoms with Crippen molar-refractivity contribution in [3.05, 3.63) is 29.3 Å². The Labute approximate surface area is 149 Å². The summed E-state index contributed by atoms with van der Waals surface area (Å²) in [6.45, 7) is -0.240. The van der Waals surface area contributed by atoms with Crippen LogP contribution in [0.2, 0.25) is 0 Å². The summed E-state index contributed by atoms with van der Waals surface area (Å²) < 4.78 is 0. The van der Waals surface area contributed by atoms with Crippen LogP contribution >= 0.6 is 0 Å². The van der Waals surface area contributed by atoms with Crippen LogP contribution < -0.4 is 22.1 Å². The van der Waals surface area contributed by atoms with Crippen LogP contribution in [0.3, 0.4) is 0 Å². The molecule has 0 fully saturated rings. The summed E-state index contributed by atoms with van der Waals surface area (Å²) in [5, 5.41) is 5.34. The number of benzene rings is 1. The number of anilines is 1. The molecule has 0 saturated heterocycles. The zero-order chi connectivity index (χ0) is 18.8. The molecule has 6 N–H and O–H groups in total. The van der Waals surface area contributed by atoms with Crippen LogP contribution in [0.25, 0.3) is 0 Å². The van der Waals surface area contributed by atoms with Gasteiger partial charge in [0.25, 0.3) is 0 Å². The predicted molar refractivity (Wildman–Crippen MR) is 93.9 cm³/mol. The van der Waals surface area contributed by atoms with Gasteiger partial charge in [-0.25, -0.2) is 0 Å². The molecule has 2 heterocycles. The van der Waals surface area contributed by atoms with Crippen LogP contribution in [0.15, 0.2) is 23.2 Å². The standard InChI is InChI=1S/C17H19N5O4/c18-6-12(24)15-10(7-20-17(19)22-15)16(26)9-3-1-2-8-11(23)4-5-13(25)21-14(8)9/h1-3,10,15H,4-7,18H2,(H,21,25)(H3,19,20,22). The molecular formula is C17H19N5O4. The third-order valence-electron chi connectivity index (χ3n) is 4.52. The second-order valence-electron chi connectivity index (χ2n) is 6.19. The van der Waals surface area contributed by atoms with E-state index in [-0.39, 0.29) is 66.2 Å². The highest BCUT2D eigenvalue weighted by Crippen LogP contribution is 2.29. The number of carbonyl (C=O) groups excluding carboxylic acids is 4. The molecule has 1 aromatic rings. The quantitative estimate of drug-likeness (QED) is 0.514. The molecule has 26 heavy (non-hydrogen) atoms. The lowest BCUT2D eigenvalue weighted by molar-refractivity contribution is -0.120. The monoisotopic (exact) mass is 357 g/mol. The van der Waals surface area contributed by atoms with E-state index in [0.717, 1.165) is 0 Å². The van der Waals surface area contributed by atoms with E-state index in [1.165, 1.54) is 6.07 Å². The topological polar surface area (TPSA) is 157 Å². The molecule has 0 aromatic heterocycles. The summed E-state index contributed by atoms with van der Waals surface area (Å²) in [4.78, 5) is 53.4. The van der Waals surface area contributed by atoms with Crippen molar-refractivity contribution in [2.45, 2.75) is 18.9 Å². The van der Waals surface area contributed by atoms with Gasteiger partial charge in [-0.3, -0.25) is 24.2 Å². The molecule has 0 spiro atoms. The van der Waals surface area contributed by atoms with Gasteiger partial charge in [-0.1, -0.05) is 6.07 Å². The lowest BCUT2D eigenvalue weighted by Crippen LogP contribution is -2.56. The Bertz CT molecular complexity index is 832.